The lowest BCUT2D eigenvalue weighted by Gasteiger charge is -2.38. The number of piperazine rings is 1. The first kappa shape index (κ1) is 28.1. The molecule has 2 saturated heterocycles. The van der Waals surface area contributed by atoms with Crippen LogP contribution in [0.1, 0.15) is 73.0 Å². The third-order valence-electron chi connectivity index (χ3n) is 9.26. The topological polar surface area (TPSA) is 73.0 Å². The van der Waals surface area contributed by atoms with Crippen LogP contribution < -0.4 is 5.32 Å². The lowest BCUT2D eigenvalue weighted by atomic mass is 9.72. The number of halogens is 1. The molecule has 3 aliphatic heterocycles. The van der Waals surface area contributed by atoms with Crippen LogP contribution in [0.5, 0.6) is 0 Å². The predicted octanol–water partition coefficient (Wildman–Crippen LogP) is 4.88. The van der Waals surface area contributed by atoms with Crippen LogP contribution in [0, 0.1) is 5.41 Å². The van der Waals surface area contributed by atoms with Gasteiger partial charge in [0.05, 0.1) is 0 Å². The normalized spacial score (nSPS) is 23.6. The highest BCUT2D eigenvalue weighted by molar-refractivity contribution is 6.30. The zero-order valence-electron chi connectivity index (χ0n) is 24.0. The molecule has 41 heavy (non-hydrogen) atoms. The second kappa shape index (κ2) is 11.3. The summed E-state index contributed by atoms with van der Waals surface area (Å²) in [6.45, 7) is 11.0. The molecule has 3 amide bonds. The number of fused-ring (bicyclic) bond motifs is 1. The summed E-state index contributed by atoms with van der Waals surface area (Å²) in [6.07, 6.45) is 4.12. The van der Waals surface area contributed by atoms with Gasteiger partial charge in [0.1, 0.15) is 6.04 Å². The Morgan fingerprint density at radius 3 is 2.34 bits per heavy atom. The minimum absolute atomic E-state index is 0.110. The van der Waals surface area contributed by atoms with Crippen LogP contribution in [0.15, 0.2) is 48.0 Å². The third kappa shape index (κ3) is 6.13. The van der Waals surface area contributed by atoms with Crippen LogP contribution in [0.4, 0.5) is 0 Å². The molecular weight excluding hydrogens is 536 g/mol. The van der Waals surface area contributed by atoms with Crippen molar-refractivity contribution in [3.8, 4) is 0 Å². The van der Waals surface area contributed by atoms with E-state index in [1.807, 2.05) is 24.3 Å². The number of hydrogen-bond acceptors (Lipinski definition) is 5. The maximum absolute atomic E-state index is 13.2. The van der Waals surface area contributed by atoms with Gasteiger partial charge >= 0.3 is 0 Å². The fourth-order valence-electron chi connectivity index (χ4n) is 6.80. The fourth-order valence-corrected chi connectivity index (χ4v) is 6.92. The van der Waals surface area contributed by atoms with E-state index in [-0.39, 0.29) is 24.1 Å². The smallest absolute Gasteiger partial charge is 0.255 e. The molecule has 0 bridgehead atoms. The zero-order chi connectivity index (χ0) is 28.7. The molecule has 0 spiro atoms. The molecule has 7 nitrogen and oxygen atoms in total. The fraction of sp³-hybridized carbons (Fsp3) is 0.485. The van der Waals surface area contributed by atoms with Gasteiger partial charge in [-0.05, 0) is 71.6 Å². The van der Waals surface area contributed by atoms with Crippen molar-refractivity contribution in [3.63, 3.8) is 0 Å². The van der Waals surface area contributed by atoms with Gasteiger partial charge in [-0.1, -0.05) is 55.3 Å². The van der Waals surface area contributed by atoms with Gasteiger partial charge in [0.2, 0.25) is 11.8 Å². The van der Waals surface area contributed by atoms with Crippen LogP contribution in [-0.4, -0.2) is 71.2 Å². The molecule has 6 rings (SSSR count). The summed E-state index contributed by atoms with van der Waals surface area (Å²) in [5.74, 6) is -0.741. The van der Waals surface area contributed by atoms with Crippen LogP contribution in [0.25, 0.3) is 5.57 Å². The van der Waals surface area contributed by atoms with E-state index in [9.17, 15) is 14.4 Å². The van der Waals surface area contributed by atoms with Gasteiger partial charge < -0.3 is 4.90 Å². The minimum atomic E-state index is -0.574. The first-order valence-electron chi connectivity index (χ1n) is 14.8. The van der Waals surface area contributed by atoms with Gasteiger partial charge in [-0.3, -0.25) is 29.5 Å². The zero-order valence-corrected chi connectivity index (χ0v) is 24.8. The Morgan fingerprint density at radius 2 is 1.63 bits per heavy atom. The minimum Gasteiger partial charge on any atom is -0.322 e. The highest BCUT2D eigenvalue weighted by Gasteiger charge is 2.39. The van der Waals surface area contributed by atoms with E-state index in [1.54, 1.807) is 10.5 Å². The molecular formula is C33H39ClN4O3. The Morgan fingerprint density at radius 1 is 0.927 bits per heavy atom. The highest BCUT2D eigenvalue weighted by atomic mass is 35.5. The van der Waals surface area contributed by atoms with Crippen LogP contribution >= 0.6 is 11.6 Å². The summed E-state index contributed by atoms with van der Waals surface area (Å²) >= 11 is 6.18. The molecule has 1 aliphatic carbocycles. The molecule has 2 aromatic rings. The van der Waals surface area contributed by atoms with E-state index >= 15 is 0 Å². The molecule has 216 valence electrons. The molecule has 0 aromatic heterocycles. The van der Waals surface area contributed by atoms with Gasteiger partial charge in [0.25, 0.3) is 5.91 Å². The Bertz CT molecular complexity index is 1390. The molecule has 8 heteroatoms. The SMILES string of the molecule is CC1(C)CCC(CN2CCN(Cc3ccc4c(c3)C(=O)N(C3CCC(=O)NC3=O)C4)CC2)=C(c2ccc(Cl)cc2)C1. The lowest BCUT2D eigenvalue weighted by molar-refractivity contribution is -0.136. The van der Waals surface area contributed by atoms with Crippen LogP contribution in [-0.2, 0) is 22.7 Å². The van der Waals surface area contributed by atoms with E-state index in [4.69, 9.17) is 11.6 Å². The number of imide groups is 1. The Kier molecular flexibility index (Phi) is 7.79. The number of nitrogens with one attached hydrogen (secondary N) is 1. The van der Waals surface area contributed by atoms with E-state index in [2.05, 4.69) is 47.2 Å². The van der Waals surface area contributed by atoms with Crippen molar-refractivity contribution < 1.29 is 14.4 Å². The van der Waals surface area contributed by atoms with Crippen molar-refractivity contribution in [2.45, 2.75) is 65.1 Å². The summed E-state index contributed by atoms with van der Waals surface area (Å²) in [4.78, 5) is 43.8. The number of carbonyl (C=O) groups excluding carboxylic acids is 3. The second-order valence-electron chi connectivity index (χ2n) is 12.9. The van der Waals surface area contributed by atoms with Crippen molar-refractivity contribution >= 4 is 34.9 Å². The van der Waals surface area contributed by atoms with Crippen LogP contribution in [0.3, 0.4) is 0 Å². The number of carbonyl (C=O) groups is 3. The van der Waals surface area contributed by atoms with E-state index in [0.717, 1.165) is 68.3 Å². The average Bonchev–Trinajstić information content (AvgIpc) is 3.26. The molecule has 1 N–H and O–H groups in total. The number of rotatable bonds is 6. The molecule has 2 fully saturated rings. The summed E-state index contributed by atoms with van der Waals surface area (Å²) in [5, 5.41) is 3.15. The first-order valence-corrected chi connectivity index (χ1v) is 15.2. The monoisotopic (exact) mass is 574 g/mol. The summed E-state index contributed by atoms with van der Waals surface area (Å²) in [6, 6.07) is 13.9. The summed E-state index contributed by atoms with van der Waals surface area (Å²) < 4.78 is 0. The van der Waals surface area contributed by atoms with E-state index in [1.165, 1.54) is 17.6 Å². The molecule has 0 radical (unpaired) electrons. The van der Waals surface area contributed by atoms with Gasteiger partial charge in [-0.2, -0.15) is 0 Å². The molecule has 0 saturated carbocycles. The van der Waals surface area contributed by atoms with Crippen molar-refractivity contribution in [1.82, 2.24) is 20.0 Å². The number of hydrogen-bond donors (Lipinski definition) is 1. The standard InChI is InChI=1S/C33H39ClN4O3/c1-33(2)12-11-25(28(18-33)23-5-7-26(34)8-6-23)20-37-15-13-36(14-16-37)19-22-3-4-24-21-38(32(41)27(24)17-22)29-9-10-30(39)35-31(29)40/h3-8,17,29H,9-16,18-21H2,1-2H3,(H,35,39,40). The van der Waals surface area contributed by atoms with Gasteiger partial charge in [0.15, 0.2) is 0 Å². The van der Waals surface area contributed by atoms with Crippen molar-refractivity contribution in [1.29, 1.82) is 0 Å². The summed E-state index contributed by atoms with van der Waals surface area (Å²) in [7, 11) is 0. The van der Waals surface area contributed by atoms with Gasteiger partial charge in [-0.15, -0.1) is 0 Å². The predicted molar refractivity (Wildman–Crippen MR) is 160 cm³/mol. The maximum Gasteiger partial charge on any atom is 0.255 e. The quantitative estimate of drug-likeness (QED) is 0.498. The number of benzene rings is 2. The third-order valence-corrected chi connectivity index (χ3v) is 9.51. The number of piperidine rings is 1. The Hall–Kier alpha value is -3.00. The van der Waals surface area contributed by atoms with Crippen LogP contribution in [0.2, 0.25) is 5.02 Å². The average molecular weight is 575 g/mol. The number of allylic oxidation sites excluding steroid dienone is 1. The number of amides is 3. The van der Waals surface area contributed by atoms with Crippen molar-refractivity contribution in [3.05, 3.63) is 75.3 Å². The second-order valence-corrected chi connectivity index (χ2v) is 13.3. The largest absolute Gasteiger partial charge is 0.322 e. The van der Waals surface area contributed by atoms with Crippen molar-refractivity contribution in [2.75, 3.05) is 32.7 Å². The maximum atomic E-state index is 13.2. The molecule has 1 unspecified atom stereocenters. The molecule has 4 aliphatic rings. The van der Waals surface area contributed by atoms with E-state index in [0.29, 0.717) is 23.9 Å². The summed E-state index contributed by atoms with van der Waals surface area (Å²) in [5.41, 5.74) is 7.44. The van der Waals surface area contributed by atoms with Gasteiger partial charge in [0, 0.05) is 62.8 Å². The Balaban J connectivity index is 1.07. The molecule has 1 atom stereocenters. The Labute approximate surface area is 247 Å². The highest BCUT2D eigenvalue weighted by Crippen LogP contribution is 2.43. The first-order chi connectivity index (χ1) is 19.6. The van der Waals surface area contributed by atoms with Crippen molar-refractivity contribution in [2.24, 2.45) is 5.41 Å². The number of nitrogens with zero attached hydrogens (tertiary/aromatic N) is 3. The lowest BCUT2D eigenvalue weighted by Crippen LogP contribution is -2.52. The van der Waals surface area contributed by atoms with Gasteiger partial charge in [-0.25, -0.2) is 0 Å². The molecule has 3 heterocycles. The van der Waals surface area contributed by atoms with E-state index < -0.39 is 6.04 Å². The molecule has 2 aromatic carbocycles.